The first-order valence-corrected chi connectivity index (χ1v) is 5.92. The highest BCUT2D eigenvalue weighted by atomic mass is 16.5. The van der Waals surface area contributed by atoms with E-state index in [0.717, 1.165) is 25.9 Å². The SMILES string of the molecule is CCCCOCCCNC(=O)NC(C)C(=O)O. The minimum Gasteiger partial charge on any atom is -0.480 e. The number of unbranched alkanes of at least 4 members (excludes halogenated alkanes) is 1. The van der Waals surface area contributed by atoms with Crippen LogP contribution in [-0.4, -0.2) is 42.9 Å². The highest BCUT2D eigenvalue weighted by molar-refractivity contribution is 5.82. The van der Waals surface area contributed by atoms with Crippen molar-refractivity contribution < 1.29 is 19.4 Å². The van der Waals surface area contributed by atoms with Gasteiger partial charge in [0.2, 0.25) is 0 Å². The molecule has 0 aromatic carbocycles. The summed E-state index contributed by atoms with van der Waals surface area (Å²) < 4.78 is 5.31. The average molecular weight is 246 g/mol. The van der Waals surface area contributed by atoms with E-state index in [1.165, 1.54) is 6.92 Å². The Kier molecular flexibility index (Phi) is 9.14. The number of carbonyl (C=O) groups is 2. The van der Waals surface area contributed by atoms with Gasteiger partial charge in [0.05, 0.1) is 0 Å². The zero-order valence-corrected chi connectivity index (χ0v) is 10.5. The molecule has 1 atom stereocenters. The van der Waals surface area contributed by atoms with E-state index in [1.54, 1.807) is 0 Å². The van der Waals surface area contributed by atoms with Crippen LogP contribution in [-0.2, 0) is 9.53 Å². The van der Waals surface area contributed by atoms with Gasteiger partial charge in [0.1, 0.15) is 6.04 Å². The van der Waals surface area contributed by atoms with E-state index in [9.17, 15) is 9.59 Å². The quantitative estimate of drug-likeness (QED) is 0.529. The molecule has 3 N–H and O–H groups in total. The van der Waals surface area contributed by atoms with Crippen molar-refractivity contribution in [2.45, 2.75) is 39.2 Å². The van der Waals surface area contributed by atoms with E-state index in [-0.39, 0.29) is 0 Å². The summed E-state index contributed by atoms with van der Waals surface area (Å²) in [6.45, 7) is 5.34. The summed E-state index contributed by atoms with van der Waals surface area (Å²) in [5.41, 5.74) is 0. The van der Waals surface area contributed by atoms with Gasteiger partial charge in [-0.1, -0.05) is 13.3 Å². The topological polar surface area (TPSA) is 87.7 Å². The van der Waals surface area contributed by atoms with Gasteiger partial charge in [-0.3, -0.25) is 4.79 Å². The molecule has 17 heavy (non-hydrogen) atoms. The molecule has 0 saturated carbocycles. The second kappa shape index (κ2) is 9.89. The van der Waals surface area contributed by atoms with Gasteiger partial charge in [0.25, 0.3) is 0 Å². The standard InChI is InChI=1S/C11H22N2O4/c1-3-4-7-17-8-5-6-12-11(16)13-9(2)10(14)15/h9H,3-8H2,1-2H3,(H,14,15)(H2,12,13,16). The number of rotatable bonds is 9. The maximum Gasteiger partial charge on any atom is 0.325 e. The molecule has 0 spiro atoms. The number of carboxylic acid groups (broad SMARTS) is 1. The highest BCUT2D eigenvalue weighted by Gasteiger charge is 2.12. The Labute approximate surface area is 102 Å². The van der Waals surface area contributed by atoms with E-state index in [0.29, 0.717) is 13.2 Å². The molecular formula is C11H22N2O4. The average Bonchev–Trinajstić information content (AvgIpc) is 2.27. The van der Waals surface area contributed by atoms with Crippen molar-refractivity contribution >= 4 is 12.0 Å². The number of hydrogen-bond donors (Lipinski definition) is 3. The fraction of sp³-hybridized carbons (Fsp3) is 0.818. The van der Waals surface area contributed by atoms with Crippen LogP contribution in [0.1, 0.15) is 33.1 Å². The summed E-state index contributed by atoms with van der Waals surface area (Å²) in [7, 11) is 0. The van der Waals surface area contributed by atoms with Crippen molar-refractivity contribution in [1.82, 2.24) is 10.6 Å². The second-order valence-corrected chi connectivity index (χ2v) is 3.78. The fourth-order valence-corrected chi connectivity index (χ4v) is 1.03. The van der Waals surface area contributed by atoms with Crippen LogP contribution in [0.15, 0.2) is 0 Å². The molecule has 6 heteroatoms. The van der Waals surface area contributed by atoms with Crippen molar-refractivity contribution in [1.29, 1.82) is 0 Å². The van der Waals surface area contributed by atoms with Crippen LogP contribution >= 0.6 is 0 Å². The van der Waals surface area contributed by atoms with Crippen LogP contribution < -0.4 is 10.6 Å². The van der Waals surface area contributed by atoms with Gasteiger partial charge in [-0.25, -0.2) is 4.79 Å². The predicted molar refractivity (Wildman–Crippen MR) is 64.0 cm³/mol. The van der Waals surface area contributed by atoms with Crippen LogP contribution in [0.3, 0.4) is 0 Å². The molecule has 0 aliphatic carbocycles. The molecule has 2 amide bonds. The lowest BCUT2D eigenvalue weighted by Crippen LogP contribution is -2.44. The Morgan fingerprint density at radius 3 is 2.53 bits per heavy atom. The number of urea groups is 1. The van der Waals surface area contributed by atoms with Gasteiger partial charge in [-0.05, 0) is 19.8 Å². The minimum atomic E-state index is -1.05. The van der Waals surface area contributed by atoms with Crippen molar-refractivity contribution in [2.75, 3.05) is 19.8 Å². The van der Waals surface area contributed by atoms with E-state index in [4.69, 9.17) is 9.84 Å². The van der Waals surface area contributed by atoms with Crippen LogP contribution in [0.25, 0.3) is 0 Å². The van der Waals surface area contributed by atoms with Crippen molar-refractivity contribution in [3.63, 3.8) is 0 Å². The molecule has 0 saturated heterocycles. The zero-order valence-electron chi connectivity index (χ0n) is 10.5. The zero-order chi connectivity index (χ0) is 13.1. The minimum absolute atomic E-state index is 0.464. The Hall–Kier alpha value is -1.30. The fourth-order valence-electron chi connectivity index (χ4n) is 1.03. The number of ether oxygens (including phenoxy) is 1. The maximum absolute atomic E-state index is 11.2. The third-order valence-corrected chi connectivity index (χ3v) is 2.11. The lowest BCUT2D eigenvalue weighted by Gasteiger charge is -2.10. The molecule has 1 unspecified atom stereocenters. The number of hydrogen-bond acceptors (Lipinski definition) is 3. The lowest BCUT2D eigenvalue weighted by atomic mass is 10.3. The Morgan fingerprint density at radius 1 is 1.29 bits per heavy atom. The second-order valence-electron chi connectivity index (χ2n) is 3.78. The molecule has 0 rings (SSSR count). The van der Waals surface area contributed by atoms with Crippen LogP contribution in [0, 0.1) is 0 Å². The normalized spacial score (nSPS) is 11.9. The van der Waals surface area contributed by atoms with Gasteiger partial charge in [0.15, 0.2) is 0 Å². The molecule has 0 heterocycles. The van der Waals surface area contributed by atoms with Crippen molar-refractivity contribution in [3.8, 4) is 0 Å². The largest absolute Gasteiger partial charge is 0.480 e. The predicted octanol–water partition coefficient (Wildman–Crippen LogP) is 0.965. The molecule has 0 aromatic rings. The smallest absolute Gasteiger partial charge is 0.325 e. The van der Waals surface area contributed by atoms with Gasteiger partial charge in [-0.2, -0.15) is 0 Å². The van der Waals surface area contributed by atoms with Gasteiger partial charge < -0.3 is 20.5 Å². The highest BCUT2D eigenvalue weighted by Crippen LogP contribution is 1.89. The van der Waals surface area contributed by atoms with E-state index < -0.39 is 18.0 Å². The first-order chi connectivity index (χ1) is 8.07. The Morgan fingerprint density at radius 2 is 1.94 bits per heavy atom. The Balaban J connectivity index is 3.36. The number of aliphatic carboxylic acids is 1. The van der Waals surface area contributed by atoms with Crippen LogP contribution in [0.5, 0.6) is 0 Å². The molecule has 0 aliphatic heterocycles. The van der Waals surface area contributed by atoms with Crippen LogP contribution in [0.2, 0.25) is 0 Å². The van der Waals surface area contributed by atoms with Crippen molar-refractivity contribution in [3.05, 3.63) is 0 Å². The number of nitrogens with one attached hydrogen (secondary N) is 2. The van der Waals surface area contributed by atoms with Gasteiger partial charge in [-0.15, -0.1) is 0 Å². The van der Waals surface area contributed by atoms with E-state index in [2.05, 4.69) is 17.6 Å². The molecule has 0 radical (unpaired) electrons. The summed E-state index contributed by atoms with van der Waals surface area (Å²) in [4.78, 5) is 21.6. The molecule has 6 nitrogen and oxygen atoms in total. The number of carbonyl (C=O) groups excluding carboxylic acids is 1. The summed E-state index contributed by atoms with van der Waals surface area (Å²) in [6.07, 6.45) is 2.87. The monoisotopic (exact) mass is 246 g/mol. The molecule has 0 aromatic heterocycles. The molecule has 0 bridgehead atoms. The van der Waals surface area contributed by atoms with Gasteiger partial charge >= 0.3 is 12.0 Å². The first kappa shape index (κ1) is 15.7. The van der Waals surface area contributed by atoms with Crippen LogP contribution in [0.4, 0.5) is 4.79 Å². The molecular weight excluding hydrogens is 224 g/mol. The summed E-state index contributed by atoms with van der Waals surface area (Å²) >= 11 is 0. The van der Waals surface area contributed by atoms with Crippen molar-refractivity contribution in [2.24, 2.45) is 0 Å². The van der Waals surface area contributed by atoms with E-state index in [1.807, 2.05) is 0 Å². The lowest BCUT2D eigenvalue weighted by molar-refractivity contribution is -0.138. The number of carboxylic acids is 1. The molecule has 100 valence electrons. The summed E-state index contributed by atoms with van der Waals surface area (Å²) in [5, 5.41) is 13.4. The number of amides is 2. The van der Waals surface area contributed by atoms with E-state index >= 15 is 0 Å². The molecule has 0 fully saturated rings. The van der Waals surface area contributed by atoms with Gasteiger partial charge in [0, 0.05) is 19.8 Å². The first-order valence-electron chi connectivity index (χ1n) is 5.92. The molecule has 0 aliphatic rings. The summed E-state index contributed by atoms with van der Waals surface area (Å²) in [5.74, 6) is -1.05. The Bertz CT molecular complexity index is 234. The summed E-state index contributed by atoms with van der Waals surface area (Å²) in [6, 6.07) is -1.34. The third-order valence-electron chi connectivity index (χ3n) is 2.11. The maximum atomic E-state index is 11.2. The third kappa shape index (κ3) is 9.62.